The second-order valence-electron chi connectivity index (χ2n) is 2.70. The van der Waals surface area contributed by atoms with Crippen LogP contribution in [0.2, 0.25) is 0 Å². The molecule has 0 N–H and O–H groups in total. The summed E-state index contributed by atoms with van der Waals surface area (Å²) in [6.45, 7) is 0.823. The number of aromatic nitrogens is 1. The monoisotopic (exact) mass is 168 g/mol. The van der Waals surface area contributed by atoms with E-state index in [0.717, 1.165) is 28.7 Å². The van der Waals surface area contributed by atoms with Crippen molar-refractivity contribution in [2.24, 2.45) is 12.0 Å². The summed E-state index contributed by atoms with van der Waals surface area (Å²) in [6, 6.07) is 2.01. The lowest BCUT2D eigenvalue weighted by atomic mass is 10.3. The smallest absolute Gasteiger partial charge is 0.135 e. The van der Waals surface area contributed by atoms with E-state index in [9.17, 15) is 0 Å². The summed E-state index contributed by atoms with van der Waals surface area (Å²) < 4.78 is 2.00. The zero-order valence-corrected chi connectivity index (χ0v) is 7.10. The molecule has 0 aromatic carbocycles. The Morgan fingerprint density at radius 2 is 2.45 bits per heavy atom. The van der Waals surface area contributed by atoms with E-state index in [0.29, 0.717) is 0 Å². The van der Waals surface area contributed by atoms with Crippen molar-refractivity contribution in [2.45, 2.75) is 6.42 Å². The molecule has 0 fully saturated rings. The molecule has 1 aliphatic heterocycles. The maximum Gasteiger partial charge on any atom is 0.135 e. The van der Waals surface area contributed by atoms with E-state index in [2.05, 4.69) is 4.99 Å². The van der Waals surface area contributed by atoms with Gasteiger partial charge in [0.15, 0.2) is 0 Å². The Labute approximate surface area is 69.8 Å². The van der Waals surface area contributed by atoms with Crippen LogP contribution in [0.25, 0.3) is 5.03 Å². The van der Waals surface area contributed by atoms with E-state index in [1.165, 1.54) is 0 Å². The van der Waals surface area contributed by atoms with Crippen LogP contribution in [0.4, 0.5) is 0 Å². The molecule has 3 heteroatoms. The standard InChI is InChI=1S/C8H9ClN2/c1-11-5-3-6-7(9)2-4-10-8(6)11/h3,5H,2,4H2,1H3. The van der Waals surface area contributed by atoms with Gasteiger partial charge >= 0.3 is 0 Å². The minimum Gasteiger partial charge on any atom is -0.336 e. The van der Waals surface area contributed by atoms with Crippen molar-refractivity contribution in [2.75, 3.05) is 6.54 Å². The highest BCUT2D eigenvalue weighted by Gasteiger charge is 2.03. The van der Waals surface area contributed by atoms with Crippen LogP contribution in [-0.2, 0) is 7.05 Å². The predicted molar refractivity (Wildman–Crippen MR) is 44.9 cm³/mol. The largest absolute Gasteiger partial charge is 0.336 e. The zero-order chi connectivity index (χ0) is 7.84. The van der Waals surface area contributed by atoms with Crippen LogP contribution in [0, 0.1) is 0 Å². The molecule has 11 heavy (non-hydrogen) atoms. The minimum absolute atomic E-state index is 0.823. The molecule has 0 saturated heterocycles. The van der Waals surface area contributed by atoms with E-state index < -0.39 is 0 Å². The van der Waals surface area contributed by atoms with E-state index in [1.54, 1.807) is 0 Å². The normalized spacial score (nSPS) is 16.0. The fourth-order valence-electron chi connectivity index (χ4n) is 1.32. The first kappa shape index (κ1) is 6.92. The molecule has 0 atom stereocenters. The number of aryl methyl sites for hydroxylation is 1. The molecule has 2 rings (SSSR count). The van der Waals surface area contributed by atoms with E-state index in [-0.39, 0.29) is 0 Å². The summed E-state index contributed by atoms with van der Waals surface area (Å²) in [7, 11) is 1.98. The third kappa shape index (κ3) is 0.979. The number of rotatable bonds is 0. The number of nitrogens with zero attached hydrogens (tertiary/aromatic N) is 2. The lowest BCUT2D eigenvalue weighted by molar-refractivity contribution is 0.807. The SMILES string of the molecule is Cn1ccc2c1=NCCC=2Cl. The molecule has 0 aliphatic carbocycles. The van der Waals surface area contributed by atoms with Crippen molar-refractivity contribution in [3.63, 3.8) is 0 Å². The Kier molecular flexibility index (Phi) is 1.50. The molecule has 0 spiro atoms. The number of fused-ring (bicyclic) bond motifs is 1. The van der Waals surface area contributed by atoms with Gasteiger partial charge < -0.3 is 4.57 Å². The molecule has 1 aromatic rings. The third-order valence-electron chi connectivity index (χ3n) is 1.92. The number of hydrogen-bond donors (Lipinski definition) is 0. The zero-order valence-electron chi connectivity index (χ0n) is 6.34. The maximum atomic E-state index is 6.00. The second kappa shape index (κ2) is 2.38. The molecular formula is C8H9ClN2. The van der Waals surface area contributed by atoms with Gasteiger partial charge in [-0.05, 0) is 6.07 Å². The quantitative estimate of drug-likeness (QED) is 0.534. The molecule has 2 heterocycles. The molecular weight excluding hydrogens is 160 g/mol. The van der Waals surface area contributed by atoms with Gasteiger partial charge in [0.05, 0.1) is 0 Å². The predicted octanol–water partition coefficient (Wildman–Crippen LogP) is 0.395. The van der Waals surface area contributed by atoms with Gasteiger partial charge in [-0.25, -0.2) is 0 Å². The van der Waals surface area contributed by atoms with Crippen LogP contribution in [0.15, 0.2) is 17.3 Å². The first-order chi connectivity index (χ1) is 5.29. The lowest BCUT2D eigenvalue weighted by Crippen LogP contribution is -2.32. The van der Waals surface area contributed by atoms with Gasteiger partial charge in [0.1, 0.15) is 5.49 Å². The van der Waals surface area contributed by atoms with Gasteiger partial charge in [-0.15, -0.1) is 0 Å². The summed E-state index contributed by atoms with van der Waals surface area (Å²) in [5.74, 6) is 0. The summed E-state index contributed by atoms with van der Waals surface area (Å²) in [5.41, 5.74) is 1.02. The Hall–Kier alpha value is -0.760. The fraction of sp³-hybridized carbons (Fsp3) is 0.375. The van der Waals surface area contributed by atoms with Crippen LogP contribution in [0.1, 0.15) is 6.42 Å². The van der Waals surface area contributed by atoms with Crippen molar-refractivity contribution in [3.05, 3.63) is 23.0 Å². The third-order valence-corrected chi connectivity index (χ3v) is 2.32. The van der Waals surface area contributed by atoms with Crippen molar-refractivity contribution < 1.29 is 0 Å². The van der Waals surface area contributed by atoms with Crippen LogP contribution in [0.3, 0.4) is 0 Å². The topological polar surface area (TPSA) is 17.3 Å². The van der Waals surface area contributed by atoms with Gasteiger partial charge in [-0.2, -0.15) is 0 Å². The average molecular weight is 169 g/mol. The molecule has 0 amide bonds. The summed E-state index contributed by atoms with van der Waals surface area (Å²) in [6.07, 6.45) is 2.88. The number of halogens is 1. The van der Waals surface area contributed by atoms with Crippen molar-refractivity contribution in [3.8, 4) is 0 Å². The van der Waals surface area contributed by atoms with Crippen molar-refractivity contribution in [1.29, 1.82) is 0 Å². The van der Waals surface area contributed by atoms with Crippen LogP contribution in [0.5, 0.6) is 0 Å². The Bertz CT molecular complexity index is 389. The van der Waals surface area contributed by atoms with E-state index in [1.807, 2.05) is 23.9 Å². The van der Waals surface area contributed by atoms with Crippen molar-refractivity contribution in [1.82, 2.24) is 4.57 Å². The van der Waals surface area contributed by atoms with Crippen LogP contribution in [-0.4, -0.2) is 11.1 Å². The van der Waals surface area contributed by atoms with Gasteiger partial charge in [0, 0.05) is 36.5 Å². The summed E-state index contributed by atoms with van der Waals surface area (Å²) in [4.78, 5) is 4.36. The highest BCUT2D eigenvalue weighted by Crippen LogP contribution is 2.06. The molecule has 2 nitrogen and oxygen atoms in total. The Morgan fingerprint density at radius 1 is 1.64 bits per heavy atom. The average Bonchev–Trinajstić information content (AvgIpc) is 2.35. The minimum atomic E-state index is 0.823. The highest BCUT2D eigenvalue weighted by molar-refractivity contribution is 6.45. The first-order valence-corrected chi connectivity index (χ1v) is 4.01. The van der Waals surface area contributed by atoms with Gasteiger partial charge in [-0.1, -0.05) is 11.6 Å². The molecule has 0 bridgehead atoms. The summed E-state index contributed by atoms with van der Waals surface area (Å²) in [5, 5.41) is 2.04. The van der Waals surface area contributed by atoms with Gasteiger partial charge in [0.2, 0.25) is 0 Å². The van der Waals surface area contributed by atoms with E-state index >= 15 is 0 Å². The van der Waals surface area contributed by atoms with E-state index in [4.69, 9.17) is 11.6 Å². The first-order valence-electron chi connectivity index (χ1n) is 3.63. The Balaban J connectivity index is 2.92. The molecule has 1 aromatic heterocycles. The molecule has 0 unspecified atom stereocenters. The van der Waals surface area contributed by atoms with Gasteiger partial charge in [0.25, 0.3) is 0 Å². The number of hydrogen-bond acceptors (Lipinski definition) is 1. The Morgan fingerprint density at radius 3 is 3.18 bits per heavy atom. The van der Waals surface area contributed by atoms with Crippen LogP contribution >= 0.6 is 11.6 Å². The van der Waals surface area contributed by atoms with Crippen molar-refractivity contribution >= 4 is 16.6 Å². The molecule has 1 aliphatic rings. The lowest BCUT2D eigenvalue weighted by Gasteiger charge is -2.00. The fourth-order valence-corrected chi connectivity index (χ4v) is 1.56. The second-order valence-corrected chi connectivity index (χ2v) is 3.16. The molecule has 0 saturated carbocycles. The molecule has 0 radical (unpaired) electrons. The molecule has 58 valence electrons. The van der Waals surface area contributed by atoms with Crippen LogP contribution < -0.4 is 10.7 Å². The maximum absolute atomic E-state index is 6.00. The van der Waals surface area contributed by atoms with Gasteiger partial charge in [-0.3, -0.25) is 4.99 Å². The summed E-state index contributed by atoms with van der Waals surface area (Å²) >= 11 is 6.00. The highest BCUT2D eigenvalue weighted by atomic mass is 35.5.